The Labute approximate surface area is 98.9 Å². The van der Waals surface area contributed by atoms with Gasteiger partial charge in [0.05, 0.1) is 0 Å². The van der Waals surface area contributed by atoms with Gasteiger partial charge in [-0.3, -0.25) is 9.69 Å². The Hall–Kier alpha value is -0.830. The molecule has 0 aromatic rings. The fourth-order valence-electron chi connectivity index (χ4n) is 2.21. The number of carbonyl (C=O) groups is 1. The summed E-state index contributed by atoms with van der Waals surface area (Å²) in [5.74, 6) is 0.202. The Bertz CT molecular complexity index is 228. The molecule has 0 spiro atoms. The van der Waals surface area contributed by atoms with Gasteiger partial charge < -0.3 is 5.32 Å². The average molecular weight is 224 g/mol. The van der Waals surface area contributed by atoms with Crippen molar-refractivity contribution in [3.8, 4) is 0 Å². The largest absolute Gasteiger partial charge is 0.352 e. The van der Waals surface area contributed by atoms with E-state index < -0.39 is 0 Å². The van der Waals surface area contributed by atoms with Crippen LogP contribution >= 0.6 is 0 Å². The summed E-state index contributed by atoms with van der Waals surface area (Å²) in [6.07, 6.45) is 7.07. The molecule has 0 radical (unpaired) electrons. The molecule has 0 aromatic carbocycles. The highest BCUT2D eigenvalue weighted by Gasteiger charge is 2.18. The fourth-order valence-corrected chi connectivity index (χ4v) is 2.21. The lowest BCUT2D eigenvalue weighted by Gasteiger charge is -2.23. The standard InChI is InChI=1S/C13H24N2O/c1-3-7-13(16)14-12-8-5-6-10-15(11-12)9-4-2/h4,12H,2-3,5-11H2,1H3,(H,14,16). The van der Waals surface area contributed by atoms with E-state index in [1.54, 1.807) is 0 Å². The van der Waals surface area contributed by atoms with Gasteiger partial charge in [-0.1, -0.05) is 19.4 Å². The van der Waals surface area contributed by atoms with Crippen molar-refractivity contribution in [3.05, 3.63) is 12.7 Å². The first-order chi connectivity index (χ1) is 7.76. The highest BCUT2D eigenvalue weighted by atomic mass is 16.1. The fraction of sp³-hybridized carbons (Fsp3) is 0.769. The van der Waals surface area contributed by atoms with Crippen LogP contribution in [0.4, 0.5) is 0 Å². The molecule has 1 unspecified atom stereocenters. The quantitative estimate of drug-likeness (QED) is 0.724. The molecule has 3 heteroatoms. The number of amides is 1. The zero-order valence-corrected chi connectivity index (χ0v) is 10.4. The molecule has 0 aliphatic carbocycles. The number of nitrogens with one attached hydrogen (secondary N) is 1. The zero-order valence-electron chi connectivity index (χ0n) is 10.4. The number of hydrogen-bond donors (Lipinski definition) is 1. The van der Waals surface area contributed by atoms with E-state index in [4.69, 9.17) is 0 Å². The monoisotopic (exact) mass is 224 g/mol. The summed E-state index contributed by atoms with van der Waals surface area (Å²) < 4.78 is 0. The first-order valence-electron chi connectivity index (χ1n) is 6.39. The molecular formula is C13H24N2O. The summed E-state index contributed by atoms with van der Waals surface area (Å²) in [6.45, 7) is 8.85. The van der Waals surface area contributed by atoms with Gasteiger partial charge in [0.25, 0.3) is 0 Å². The molecule has 3 nitrogen and oxygen atoms in total. The molecule has 0 saturated carbocycles. The van der Waals surface area contributed by atoms with Gasteiger partial charge >= 0.3 is 0 Å². The Morgan fingerprint density at radius 3 is 3.06 bits per heavy atom. The van der Waals surface area contributed by atoms with Crippen LogP contribution in [0, 0.1) is 0 Å². The van der Waals surface area contributed by atoms with Crippen LogP contribution in [-0.4, -0.2) is 36.5 Å². The molecule has 1 rings (SSSR count). The van der Waals surface area contributed by atoms with Crippen LogP contribution in [-0.2, 0) is 4.79 Å². The van der Waals surface area contributed by atoms with E-state index in [2.05, 4.69) is 16.8 Å². The number of nitrogens with zero attached hydrogens (tertiary/aromatic N) is 1. The van der Waals surface area contributed by atoms with Gasteiger partial charge in [-0.15, -0.1) is 6.58 Å². The number of rotatable bonds is 5. The lowest BCUT2D eigenvalue weighted by atomic mass is 10.1. The third kappa shape index (κ3) is 4.79. The summed E-state index contributed by atoms with van der Waals surface area (Å²) in [4.78, 5) is 13.9. The van der Waals surface area contributed by atoms with Gasteiger partial charge in [-0.25, -0.2) is 0 Å². The Kier molecular flexibility index (Phi) is 6.16. The van der Waals surface area contributed by atoms with Crippen molar-refractivity contribution < 1.29 is 4.79 Å². The SMILES string of the molecule is C=CCN1CCCCC(NC(=O)CCC)C1. The number of likely N-dealkylation sites (tertiary alicyclic amines) is 1. The molecule has 1 fully saturated rings. The maximum Gasteiger partial charge on any atom is 0.220 e. The Balaban J connectivity index is 2.38. The predicted octanol–water partition coefficient (Wildman–Crippen LogP) is 1.94. The van der Waals surface area contributed by atoms with E-state index in [9.17, 15) is 4.79 Å². The van der Waals surface area contributed by atoms with Crippen molar-refractivity contribution in [2.24, 2.45) is 0 Å². The van der Waals surface area contributed by atoms with Crippen LogP contribution in [0.25, 0.3) is 0 Å². The predicted molar refractivity (Wildman–Crippen MR) is 67.3 cm³/mol. The molecule has 0 aromatic heterocycles. The maximum atomic E-state index is 11.5. The lowest BCUT2D eigenvalue weighted by Crippen LogP contribution is -2.42. The first kappa shape index (κ1) is 13.2. The summed E-state index contributed by atoms with van der Waals surface area (Å²) in [7, 11) is 0. The second kappa shape index (κ2) is 7.44. The van der Waals surface area contributed by atoms with Crippen LogP contribution in [0.15, 0.2) is 12.7 Å². The molecule has 1 saturated heterocycles. The van der Waals surface area contributed by atoms with Crippen molar-refractivity contribution in [2.45, 2.75) is 45.1 Å². The third-order valence-corrected chi connectivity index (χ3v) is 2.98. The van der Waals surface area contributed by atoms with Gasteiger partial charge in [0.1, 0.15) is 0 Å². The van der Waals surface area contributed by atoms with Crippen LogP contribution < -0.4 is 5.32 Å². The molecule has 92 valence electrons. The minimum Gasteiger partial charge on any atom is -0.352 e. The molecule has 1 heterocycles. The molecule has 16 heavy (non-hydrogen) atoms. The van der Waals surface area contributed by atoms with Gasteiger partial charge in [0.2, 0.25) is 5.91 Å². The van der Waals surface area contributed by atoms with E-state index in [0.29, 0.717) is 12.5 Å². The van der Waals surface area contributed by atoms with E-state index in [0.717, 1.165) is 32.5 Å². The molecule has 1 N–H and O–H groups in total. The van der Waals surface area contributed by atoms with E-state index in [1.807, 2.05) is 13.0 Å². The molecular weight excluding hydrogens is 200 g/mol. The van der Waals surface area contributed by atoms with E-state index in [1.165, 1.54) is 12.8 Å². The lowest BCUT2D eigenvalue weighted by molar-refractivity contribution is -0.121. The zero-order chi connectivity index (χ0) is 11.8. The second-order valence-electron chi connectivity index (χ2n) is 4.56. The highest BCUT2D eigenvalue weighted by Crippen LogP contribution is 2.10. The summed E-state index contributed by atoms with van der Waals surface area (Å²) in [5.41, 5.74) is 0. The average Bonchev–Trinajstić information content (AvgIpc) is 2.44. The summed E-state index contributed by atoms with van der Waals surface area (Å²) in [5, 5.41) is 3.13. The topological polar surface area (TPSA) is 32.3 Å². The van der Waals surface area contributed by atoms with Gasteiger partial charge in [-0.05, 0) is 25.8 Å². The van der Waals surface area contributed by atoms with E-state index in [-0.39, 0.29) is 5.91 Å². The first-order valence-corrected chi connectivity index (χ1v) is 6.39. The van der Waals surface area contributed by atoms with Crippen LogP contribution in [0.3, 0.4) is 0 Å². The van der Waals surface area contributed by atoms with Crippen LogP contribution in [0.2, 0.25) is 0 Å². The molecule has 1 atom stereocenters. The molecule has 0 bridgehead atoms. The van der Waals surface area contributed by atoms with E-state index >= 15 is 0 Å². The minimum atomic E-state index is 0.202. The third-order valence-electron chi connectivity index (χ3n) is 2.98. The normalized spacial score (nSPS) is 22.4. The Morgan fingerprint density at radius 1 is 1.56 bits per heavy atom. The number of carbonyl (C=O) groups excluding carboxylic acids is 1. The molecule has 1 aliphatic rings. The minimum absolute atomic E-state index is 0.202. The highest BCUT2D eigenvalue weighted by molar-refractivity contribution is 5.76. The second-order valence-corrected chi connectivity index (χ2v) is 4.56. The van der Waals surface area contributed by atoms with Crippen LogP contribution in [0.5, 0.6) is 0 Å². The van der Waals surface area contributed by atoms with Crippen molar-refractivity contribution >= 4 is 5.91 Å². The molecule has 1 amide bonds. The smallest absolute Gasteiger partial charge is 0.220 e. The van der Waals surface area contributed by atoms with Gasteiger partial charge in [-0.2, -0.15) is 0 Å². The van der Waals surface area contributed by atoms with Gasteiger partial charge in [0.15, 0.2) is 0 Å². The van der Waals surface area contributed by atoms with Crippen molar-refractivity contribution in [1.82, 2.24) is 10.2 Å². The number of hydrogen-bond acceptors (Lipinski definition) is 2. The summed E-state index contributed by atoms with van der Waals surface area (Å²) in [6, 6.07) is 0.335. The molecule has 1 aliphatic heterocycles. The summed E-state index contributed by atoms with van der Waals surface area (Å²) >= 11 is 0. The van der Waals surface area contributed by atoms with Gasteiger partial charge in [0, 0.05) is 25.6 Å². The van der Waals surface area contributed by atoms with Crippen LogP contribution in [0.1, 0.15) is 39.0 Å². The van der Waals surface area contributed by atoms with Crippen molar-refractivity contribution in [1.29, 1.82) is 0 Å². The van der Waals surface area contributed by atoms with Crippen molar-refractivity contribution in [2.75, 3.05) is 19.6 Å². The Morgan fingerprint density at radius 2 is 2.38 bits per heavy atom. The van der Waals surface area contributed by atoms with Crippen molar-refractivity contribution in [3.63, 3.8) is 0 Å². The maximum absolute atomic E-state index is 11.5.